The van der Waals surface area contributed by atoms with Gasteiger partial charge in [-0.05, 0) is 30.5 Å². The first kappa shape index (κ1) is 14.9. The normalized spacial score (nSPS) is 19.1. The lowest BCUT2D eigenvalue weighted by atomic mass is 9.89. The lowest BCUT2D eigenvalue weighted by molar-refractivity contribution is 0.360. The molecule has 1 aliphatic rings. The van der Waals surface area contributed by atoms with E-state index in [0.29, 0.717) is 6.04 Å². The number of halogens is 1. The molecule has 106 valence electrons. The van der Waals surface area contributed by atoms with Crippen molar-refractivity contribution in [3.05, 3.63) is 34.9 Å². The second kappa shape index (κ2) is 7.91. The fourth-order valence-electron chi connectivity index (χ4n) is 3.26. The second-order valence-corrected chi connectivity index (χ2v) is 6.13. The first-order chi connectivity index (χ1) is 9.31. The van der Waals surface area contributed by atoms with Gasteiger partial charge in [0.15, 0.2) is 0 Å². The van der Waals surface area contributed by atoms with E-state index in [4.69, 9.17) is 11.6 Å². The van der Waals surface area contributed by atoms with Crippen molar-refractivity contribution in [3.8, 4) is 0 Å². The Bertz CT molecular complexity index is 369. The Morgan fingerprint density at radius 1 is 1.16 bits per heavy atom. The first-order valence-electron chi connectivity index (χ1n) is 7.79. The molecule has 0 aromatic heterocycles. The Morgan fingerprint density at radius 2 is 1.84 bits per heavy atom. The number of benzene rings is 1. The predicted octanol–water partition coefficient (Wildman–Crippen LogP) is 5.35. The largest absolute Gasteiger partial charge is 0.310 e. The summed E-state index contributed by atoms with van der Waals surface area (Å²) in [6.07, 6.45) is 9.69. The number of rotatable bonds is 5. The van der Waals surface area contributed by atoms with Gasteiger partial charge in [0, 0.05) is 11.1 Å². The fraction of sp³-hybridized carbons (Fsp3) is 0.647. The molecule has 1 saturated carbocycles. The summed E-state index contributed by atoms with van der Waals surface area (Å²) in [6, 6.07) is 8.71. The number of nitrogens with one attached hydrogen (secondary N) is 1. The van der Waals surface area contributed by atoms with Crippen molar-refractivity contribution in [1.29, 1.82) is 0 Å². The van der Waals surface area contributed by atoms with Gasteiger partial charge in [0.2, 0.25) is 0 Å². The van der Waals surface area contributed by atoms with Crippen molar-refractivity contribution in [1.82, 2.24) is 5.32 Å². The van der Waals surface area contributed by atoms with Crippen molar-refractivity contribution in [2.45, 2.75) is 57.9 Å². The highest BCUT2D eigenvalue weighted by Crippen LogP contribution is 2.33. The molecule has 1 N–H and O–H groups in total. The summed E-state index contributed by atoms with van der Waals surface area (Å²) in [5, 5.41) is 4.53. The first-order valence-corrected chi connectivity index (χ1v) is 8.17. The molecular weight excluding hydrogens is 254 g/mol. The van der Waals surface area contributed by atoms with Crippen LogP contribution in [-0.2, 0) is 0 Å². The van der Waals surface area contributed by atoms with Crippen LogP contribution in [0.25, 0.3) is 0 Å². The summed E-state index contributed by atoms with van der Waals surface area (Å²) < 4.78 is 0. The van der Waals surface area contributed by atoms with Gasteiger partial charge in [-0.2, -0.15) is 0 Å². The van der Waals surface area contributed by atoms with Gasteiger partial charge in [-0.15, -0.1) is 0 Å². The summed E-state index contributed by atoms with van der Waals surface area (Å²) in [7, 11) is 0. The van der Waals surface area contributed by atoms with Crippen LogP contribution in [0, 0.1) is 5.92 Å². The second-order valence-electron chi connectivity index (χ2n) is 5.73. The number of hydrogen-bond acceptors (Lipinski definition) is 1. The van der Waals surface area contributed by atoms with Crippen LogP contribution in [0.2, 0.25) is 5.02 Å². The SMILES string of the molecule is CCNC(CC1CCCCCC1)c1ccccc1Cl. The summed E-state index contributed by atoms with van der Waals surface area (Å²) >= 11 is 6.36. The summed E-state index contributed by atoms with van der Waals surface area (Å²) in [5.74, 6) is 0.864. The van der Waals surface area contributed by atoms with Crippen LogP contribution < -0.4 is 5.32 Å². The van der Waals surface area contributed by atoms with Crippen LogP contribution in [0.3, 0.4) is 0 Å². The minimum Gasteiger partial charge on any atom is -0.310 e. The molecule has 19 heavy (non-hydrogen) atoms. The summed E-state index contributed by atoms with van der Waals surface area (Å²) in [5.41, 5.74) is 1.27. The van der Waals surface area contributed by atoms with Gasteiger partial charge in [-0.25, -0.2) is 0 Å². The maximum absolute atomic E-state index is 6.36. The van der Waals surface area contributed by atoms with Crippen LogP contribution in [0.1, 0.15) is 63.5 Å². The Hall–Kier alpha value is -0.530. The third-order valence-corrected chi connectivity index (χ3v) is 4.62. The van der Waals surface area contributed by atoms with Gasteiger partial charge < -0.3 is 5.32 Å². The highest BCUT2D eigenvalue weighted by Gasteiger charge is 2.20. The van der Waals surface area contributed by atoms with E-state index in [9.17, 15) is 0 Å². The average Bonchev–Trinajstić information content (AvgIpc) is 2.67. The Kier molecular flexibility index (Phi) is 6.19. The van der Waals surface area contributed by atoms with Crippen LogP contribution in [0.5, 0.6) is 0 Å². The van der Waals surface area contributed by atoms with Crippen molar-refractivity contribution in [3.63, 3.8) is 0 Å². The minimum atomic E-state index is 0.418. The van der Waals surface area contributed by atoms with Gasteiger partial charge in [0.1, 0.15) is 0 Å². The molecule has 2 rings (SSSR count). The maximum Gasteiger partial charge on any atom is 0.0453 e. The Balaban J connectivity index is 2.05. The molecule has 0 aliphatic heterocycles. The number of hydrogen-bond donors (Lipinski definition) is 1. The van der Waals surface area contributed by atoms with Crippen LogP contribution in [0.15, 0.2) is 24.3 Å². The van der Waals surface area contributed by atoms with E-state index in [1.54, 1.807) is 0 Å². The van der Waals surface area contributed by atoms with Crippen molar-refractivity contribution < 1.29 is 0 Å². The average molecular weight is 280 g/mol. The smallest absolute Gasteiger partial charge is 0.0453 e. The lowest BCUT2D eigenvalue weighted by Gasteiger charge is -2.24. The molecule has 1 fully saturated rings. The topological polar surface area (TPSA) is 12.0 Å². The fourth-order valence-corrected chi connectivity index (χ4v) is 3.52. The standard InChI is InChI=1S/C17H26ClN/c1-2-19-17(15-11-7-8-12-16(15)18)13-14-9-5-3-4-6-10-14/h7-8,11-12,14,17,19H,2-6,9-10,13H2,1H3. The van der Waals surface area contributed by atoms with E-state index in [-0.39, 0.29) is 0 Å². The van der Waals surface area contributed by atoms with E-state index in [2.05, 4.69) is 24.4 Å². The molecule has 1 aromatic carbocycles. The molecule has 1 nitrogen and oxygen atoms in total. The zero-order valence-corrected chi connectivity index (χ0v) is 12.8. The van der Waals surface area contributed by atoms with Crippen LogP contribution in [0.4, 0.5) is 0 Å². The maximum atomic E-state index is 6.36. The van der Waals surface area contributed by atoms with Gasteiger partial charge >= 0.3 is 0 Å². The third-order valence-electron chi connectivity index (χ3n) is 4.27. The molecule has 1 unspecified atom stereocenters. The van der Waals surface area contributed by atoms with Gasteiger partial charge in [-0.3, -0.25) is 0 Å². The molecule has 0 radical (unpaired) electrons. The zero-order chi connectivity index (χ0) is 13.5. The third kappa shape index (κ3) is 4.50. The highest BCUT2D eigenvalue weighted by molar-refractivity contribution is 6.31. The van der Waals surface area contributed by atoms with Gasteiger partial charge in [0.25, 0.3) is 0 Å². The van der Waals surface area contributed by atoms with Crippen molar-refractivity contribution >= 4 is 11.6 Å². The lowest BCUT2D eigenvalue weighted by Crippen LogP contribution is -2.23. The predicted molar refractivity (Wildman–Crippen MR) is 83.7 cm³/mol. The van der Waals surface area contributed by atoms with Gasteiger partial charge in [-0.1, -0.05) is 75.2 Å². The van der Waals surface area contributed by atoms with E-state index in [1.807, 2.05) is 12.1 Å². The van der Waals surface area contributed by atoms with Crippen LogP contribution >= 0.6 is 11.6 Å². The Morgan fingerprint density at radius 3 is 2.47 bits per heavy atom. The molecule has 0 amide bonds. The molecule has 0 heterocycles. The summed E-state index contributed by atoms with van der Waals surface area (Å²) in [6.45, 7) is 3.18. The minimum absolute atomic E-state index is 0.418. The Labute approximate surface area is 122 Å². The summed E-state index contributed by atoms with van der Waals surface area (Å²) in [4.78, 5) is 0. The van der Waals surface area contributed by atoms with Gasteiger partial charge in [0.05, 0.1) is 0 Å². The van der Waals surface area contributed by atoms with E-state index in [0.717, 1.165) is 17.5 Å². The van der Waals surface area contributed by atoms with Crippen molar-refractivity contribution in [2.24, 2.45) is 5.92 Å². The van der Waals surface area contributed by atoms with Crippen LogP contribution in [-0.4, -0.2) is 6.54 Å². The van der Waals surface area contributed by atoms with E-state index in [1.165, 1.54) is 50.5 Å². The van der Waals surface area contributed by atoms with Crippen molar-refractivity contribution in [2.75, 3.05) is 6.54 Å². The van der Waals surface area contributed by atoms with E-state index >= 15 is 0 Å². The highest BCUT2D eigenvalue weighted by atomic mass is 35.5. The molecule has 0 bridgehead atoms. The molecule has 0 saturated heterocycles. The molecule has 1 aliphatic carbocycles. The van der Waals surface area contributed by atoms with E-state index < -0.39 is 0 Å². The quantitative estimate of drug-likeness (QED) is 0.716. The molecule has 1 aromatic rings. The molecule has 1 atom stereocenters. The molecule has 0 spiro atoms. The molecular formula is C17H26ClN. The molecule has 2 heteroatoms. The monoisotopic (exact) mass is 279 g/mol. The zero-order valence-electron chi connectivity index (χ0n) is 12.0.